The lowest BCUT2D eigenvalue weighted by Crippen LogP contribution is -1.95. The van der Waals surface area contributed by atoms with E-state index in [0.717, 1.165) is 15.6 Å². The van der Waals surface area contributed by atoms with Crippen LogP contribution in [0.4, 0.5) is 5.69 Å². The number of benzene rings is 2. The van der Waals surface area contributed by atoms with E-state index in [4.69, 9.17) is 4.74 Å². The molecule has 0 atom stereocenters. The van der Waals surface area contributed by atoms with Crippen LogP contribution in [-0.4, -0.2) is 4.92 Å². The highest BCUT2D eigenvalue weighted by Gasteiger charge is 2.16. The monoisotopic (exact) mass is 321 g/mol. The van der Waals surface area contributed by atoms with Crippen molar-refractivity contribution < 1.29 is 9.66 Å². The Morgan fingerprint density at radius 1 is 1.11 bits per heavy atom. The normalized spacial score (nSPS) is 10.3. The zero-order valence-corrected chi connectivity index (χ0v) is 12.1. The van der Waals surface area contributed by atoms with Crippen LogP contribution in [0.3, 0.4) is 0 Å². The molecule has 0 bridgehead atoms. The molecule has 5 heteroatoms. The van der Waals surface area contributed by atoms with E-state index in [1.165, 1.54) is 6.07 Å². The first-order valence-electron chi connectivity index (χ1n) is 5.66. The summed E-state index contributed by atoms with van der Waals surface area (Å²) >= 11 is 3.37. The van der Waals surface area contributed by atoms with Crippen molar-refractivity contribution in [2.75, 3.05) is 0 Å². The van der Waals surface area contributed by atoms with Crippen molar-refractivity contribution in [3.05, 3.63) is 62.1 Å². The molecule has 98 valence electrons. The number of rotatable bonds is 3. The molecule has 0 spiro atoms. The fraction of sp³-hybridized carbons (Fsp3) is 0.143. The molecular formula is C14H12BrNO3. The summed E-state index contributed by atoms with van der Waals surface area (Å²) in [7, 11) is 0. The van der Waals surface area contributed by atoms with Crippen LogP contribution >= 0.6 is 15.9 Å². The Bertz CT molecular complexity index is 641. The molecule has 2 aromatic rings. The Morgan fingerprint density at radius 3 is 2.47 bits per heavy atom. The van der Waals surface area contributed by atoms with Gasteiger partial charge < -0.3 is 4.74 Å². The van der Waals surface area contributed by atoms with E-state index in [1.54, 1.807) is 18.2 Å². The molecular weight excluding hydrogens is 310 g/mol. The van der Waals surface area contributed by atoms with Gasteiger partial charge in [-0.15, -0.1) is 0 Å². The van der Waals surface area contributed by atoms with Crippen LogP contribution in [0.1, 0.15) is 11.1 Å². The number of nitro benzene ring substituents is 1. The minimum Gasteiger partial charge on any atom is -0.450 e. The van der Waals surface area contributed by atoms with Gasteiger partial charge >= 0.3 is 5.69 Å². The largest absolute Gasteiger partial charge is 0.450 e. The second-order valence-electron chi connectivity index (χ2n) is 4.24. The third kappa shape index (κ3) is 3.12. The van der Waals surface area contributed by atoms with E-state index in [1.807, 2.05) is 26.0 Å². The molecule has 0 fully saturated rings. The van der Waals surface area contributed by atoms with Gasteiger partial charge in [0.25, 0.3) is 0 Å². The molecule has 0 unspecified atom stereocenters. The number of ether oxygens (including phenoxy) is 1. The van der Waals surface area contributed by atoms with E-state index in [0.29, 0.717) is 5.75 Å². The maximum absolute atomic E-state index is 11.0. The highest BCUT2D eigenvalue weighted by atomic mass is 79.9. The average molecular weight is 322 g/mol. The van der Waals surface area contributed by atoms with Gasteiger partial charge in [0.05, 0.1) is 4.92 Å². The SMILES string of the molecule is Cc1ccc([N+](=O)[O-])c(Oc2ccc(Br)cc2C)c1. The second kappa shape index (κ2) is 5.40. The summed E-state index contributed by atoms with van der Waals surface area (Å²) in [5.41, 5.74) is 1.79. The molecule has 19 heavy (non-hydrogen) atoms. The standard InChI is InChI=1S/C14H12BrNO3/c1-9-3-5-12(16(17)18)14(7-9)19-13-6-4-11(15)8-10(13)2/h3-8H,1-2H3. The van der Waals surface area contributed by atoms with Gasteiger partial charge in [0.2, 0.25) is 5.75 Å². The first kappa shape index (κ1) is 13.5. The van der Waals surface area contributed by atoms with Gasteiger partial charge in [-0.05, 0) is 49.2 Å². The summed E-state index contributed by atoms with van der Waals surface area (Å²) in [6.07, 6.45) is 0. The molecule has 0 heterocycles. The summed E-state index contributed by atoms with van der Waals surface area (Å²) in [6.45, 7) is 3.76. The van der Waals surface area contributed by atoms with Crippen molar-refractivity contribution in [2.45, 2.75) is 13.8 Å². The molecule has 0 radical (unpaired) electrons. The molecule has 0 amide bonds. The Balaban J connectivity index is 2.42. The summed E-state index contributed by atoms with van der Waals surface area (Å²) in [6, 6.07) is 10.3. The van der Waals surface area contributed by atoms with Crippen molar-refractivity contribution in [1.29, 1.82) is 0 Å². The van der Waals surface area contributed by atoms with E-state index in [9.17, 15) is 10.1 Å². The third-order valence-electron chi connectivity index (χ3n) is 2.67. The zero-order chi connectivity index (χ0) is 14.0. The van der Waals surface area contributed by atoms with Gasteiger partial charge in [0.1, 0.15) is 5.75 Å². The number of hydrogen-bond acceptors (Lipinski definition) is 3. The van der Waals surface area contributed by atoms with Gasteiger partial charge in [0.15, 0.2) is 0 Å². The average Bonchev–Trinajstić information content (AvgIpc) is 2.32. The Kier molecular flexibility index (Phi) is 3.85. The third-order valence-corrected chi connectivity index (χ3v) is 3.16. The van der Waals surface area contributed by atoms with E-state index >= 15 is 0 Å². The highest BCUT2D eigenvalue weighted by Crippen LogP contribution is 2.34. The van der Waals surface area contributed by atoms with Gasteiger partial charge in [0, 0.05) is 10.5 Å². The molecule has 0 N–H and O–H groups in total. The van der Waals surface area contributed by atoms with Crippen LogP contribution < -0.4 is 4.74 Å². The van der Waals surface area contributed by atoms with Crippen LogP contribution in [0.25, 0.3) is 0 Å². The number of halogens is 1. The lowest BCUT2D eigenvalue weighted by Gasteiger charge is -2.09. The molecule has 0 aliphatic carbocycles. The first-order chi connectivity index (χ1) is 8.97. The topological polar surface area (TPSA) is 52.4 Å². The van der Waals surface area contributed by atoms with E-state index in [-0.39, 0.29) is 11.4 Å². The highest BCUT2D eigenvalue weighted by molar-refractivity contribution is 9.10. The number of aryl methyl sites for hydroxylation is 2. The van der Waals surface area contributed by atoms with Crippen LogP contribution in [0.2, 0.25) is 0 Å². The Labute approximate surface area is 119 Å². The Morgan fingerprint density at radius 2 is 1.84 bits per heavy atom. The summed E-state index contributed by atoms with van der Waals surface area (Å²) in [4.78, 5) is 10.5. The minimum absolute atomic E-state index is 0.0343. The van der Waals surface area contributed by atoms with Crippen molar-refractivity contribution in [3.8, 4) is 11.5 Å². The van der Waals surface area contributed by atoms with Gasteiger partial charge in [-0.1, -0.05) is 22.0 Å². The van der Waals surface area contributed by atoms with Crippen molar-refractivity contribution in [3.63, 3.8) is 0 Å². The molecule has 4 nitrogen and oxygen atoms in total. The predicted octanol–water partition coefficient (Wildman–Crippen LogP) is 4.77. The first-order valence-corrected chi connectivity index (χ1v) is 6.46. The van der Waals surface area contributed by atoms with Crippen LogP contribution in [0.5, 0.6) is 11.5 Å². The smallest absolute Gasteiger partial charge is 0.311 e. The zero-order valence-electron chi connectivity index (χ0n) is 10.5. The summed E-state index contributed by atoms with van der Waals surface area (Å²) in [5.74, 6) is 0.868. The number of nitro groups is 1. The molecule has 0 saturated carbocycles. The number of hydrogen-bond donors (Lipinski definition) is 0. The molecule has 0 aromatic heterocycles. The molecule has 2 aromatic carbocycles. The maximum Gasteiger partial charge on any atom is 0.311 e. The number of nitrogens with zero attached hydrogens (tertiary/aromatic N) is 1. The molecule has 0 aliphatic heterocycles. The summed E-state index contributed by atoms with van der Waals surface area (Å²) < 4.78 is 6.62. The minimum atomic E-state index is -0.442. The van der Waals surface area contributed by atoms with Gasteiger partial charge in [-0.2, -0.15) is 0 Å². The van der Waals surface area contributed by atoms with Crippen LogP contribution in [0, 0.1) is 24.0 Å². The van der Waals surface area contributed by atoms with Gasteiger partial charge in [-0.3, -0.25) is 10.1 Å². The lowest BCUT2D eigenvalue weighted by atomic mass is 10.2. The Hall–Kier alpha value is -1.88. The fourth-order valence-corrected chi connectivity index (χ4v) is 2.18. The quantitative estimate of drug-likeness (QED) is 0.604. The van der Waals surface area contributed by atoms with E-state index in [2.05, 4.69) is 15.9 Å². The van der Waals surface area contributed by atoms with Crippen LogP contribution in [-0.2, 0) is 0 Å². The van der Waals surface area contributed by atoms with Gasteiger partial charge in [-0.25, -0.2) is 0 Å². The fourth-order valence-electron chi connectivity index (χ4n) is 1.70. The molecule has 0 saturated heterocycles. The summed E-state index contributed by atoms with van der Waals surface area (Å²) in [5, 5.41) is 11.0. The van der Waals surface area contributed by atoms with Crippen molar-refractivity contribution in [2.24, 2.45) is 0 Å². The van der Waals surface area contributed by atoms with Crippen molar-refractivity contribution in [1.82, 2.24) is 0 Å². The lowest BCUT2D eigenvalue weighted by molar-refractivity contribution is -0.385. The van der Waals surface area contributed by atoms with E-state index < -0.39 is 4.92 Å². The molecule has 0 aliphatic rings. The van der Waals surface area contributed by atoms with Crippen LogP contribution in [0.15, 0.2) is 40.9 Å². The maximum atomic E-state index is 11.0. The predicted molar refractivity (Wildman–Crippen MR) is 76.8 cm³/mol. The molecule has 2 rings (SSSR count). The van der Waals surface area contributed by atoms with Crippen molar-refractivity contribution >= 4 is 21.6 Å². The second-order valence-corrected chi connectivity index (χ2v) is 5.16.